The van der Waals surface area contributed by atoms with Crippen LogP contribution in [0.3, 0.4) is 0 Å². The van der Waals surface area contributed by atoms with Gasteiger partial charge in [0.25, 0.3) is 0 Å². The molecule has 716 valence electrons. The molecule has 3 nitrogen and oxygen atoms in total. The molecule has 19 aromatic carbocycles. The van der Waals surface area contributed by atoms with Crippen LogP contribution in [0.15, 0.2) is 489 Å². The summed E-state index contributed by atoms with van der Waals surface area (Å²) in [5.41, 5.74) is 17.2. The number of para-hydroxylation sites is 4. The lowest BCUT2D eigenvalue weighted by atomic mass is 9.83. The molecule has 6 heteroatoms. The number of benzene rings is 19. The van der Waals surface area contributed by atoms with Crippen molar-refractivity contribution < 1.29 is 18.1 Å². The van der Waals surface area contributed by atoms with E-state index in [1.807, 2.05) is 36.4 Å². The van der Waals surface area contributed by atoms with E-state index in [2.05, 4.69) is 510 Å². The van der Waals surface area contributed by atoms with Gasteiger partial charge in [-0.15, -0.1) is 11.3 Å². The third kappa shape index (κ3) is 20.3. The highest BCUT2D eigenvalue weighted by Gasteiger charge is 2.49. The lowest BCUT2D eigenvalue weighted by Gasteiger charge is -2.44. The molecule has 4 aromatic heterocycles. The molecule has 23 rings (SSSR count). The van der Waals surface area contributed by atoms with E-state index < -0.39 is 22.2 Å². The normalized spacial score (nSPS) is 13.1. The van der Waals surface area contributed by atoms with Crippen molar-refractivity contribution in [2.45, 2.75) is 157 Å². The Morgan fingerprint density at radius 2 is 0.549 bits per heavy atom. The molecule has 23 aromatic rings. The zero-order chi connectivity index (χ0) is 109. The van der Waals surface area contributed by atoms with E-state index in [0.29, 0.717) is 16.7 Å². The van der Waals surface area contributed by atoms with Crippen LogP contribution in [-0.2, 0) is 27.1 Å². The van der Waals surface area contributed by atoms with Gasteiger partial charge >= 0.3 is 0 Å². The lowest BCUT2D eigenvalue weighted by Crippen LogP contribution is -2.74. The minimum Gasteiger partial charge on any atom is -0.456 e. The summed E-state index contributed by atoms with van der Waals surface area (Å²) >= 11 is 1.67. The molecule has 144 heavy (non-hydrogen) atoms. The van der Waals surface area contributed by atoms with Gasteiger partial charge in [-0.2, -0.15) is 0 Å². The average Bonchev–Trinajstić information content (AvgIpc) is 1.52. The Balaban J connectivity index is 0.000000120. The van der Waals surface area contributed by atoms with E-state index in [-0.39, 0.29) is 97.6 Å². The highest BCUT2D eigenvalue weighted by Crippen LogP contribution is 2.47. The number of hydrogen-bond acceptors (Lipinski definition) is 2. The Morgan fingerprint density at radius 3 is 0.944 bits per heavy atom. The fourth-order valence-corrected chi connectivity index (χ4v) is 32.6. The summed E-state index contributed by atoms with van der Waals surface area (Å²) < 4.78 is 94.5. The fraction of sp³-hybridized carbons (Fsp3) is 0.174. The molecule has 0 aliphatic heterocycles. The van der Waals surface area contributed by atoms with E-state index in [0.717, 1.165) is 42.1 Å². The predicted molar refractivity (Wildman–Crippen MR) is 633 cm³/mol. The first-order valence-corrected chi connectivity index (χ1v) is 54.9. The molecule has 0 amide bonds. The number of furan rings is 1. The summed E-state index contributed by atoms with van der Waals surface area (Å²) in [5.74, 6) is 0. The quantitative estimate of drug-likeness (QED) is 0.0935. The highest BCUT2D eigenvalue weighted by molar-refractivity contribution is 7.26. The maximum Gasteiger partial charge on any atom is 0.179 e. The zero-order valence-corrected chi connectivity index (χ0v) is 88.9. The van der Waals surface area contributed by atoms with Crippen molar-refractivity contribution in [3.05, 3.63) is 513 Å². The summed E-state index contributed by atoms with van der Waals surface area (Å²) in [5, 5.41) is 19.3. The Kier molecular flexibility index (Phi) is 25.2. The van der Waals surface area contributed by atoms with Crippen LogP contribution in [0.5, 0.6) is 0 Å². The molecule has 0 N–H and O–H groups in total. The zero-order valence-electron chi connectivity index (χ0n) is 96.1. The van der Waals surface area contributed by atoms with Gasteiger partial charge in [0.2, 0.25) is 0 Å². The standard InChI is InChI=1S/C28H28Si.2C22H21N.C22H20O.C22H20S.C22H24Si/c1-28(2,3)23-14-13-21-27(22-23)29(24-15-7-4-8-16-24,25-17-9-5-10-18-25)26-19-11-6-12-20-26;1-22(2,3)16-9-8-10-17(15-16)23-20-13-6-4-11-18(20)19-12-5-7-14-21(19)23;1-22(2,3)16-12-14-17(15-13-16)23-20-10-6-4-8-18(20)19-9-5-7-11-21(19)23;2*1-22(2,3)17-12-8-14-19-21(17)20-16(11-7-13-18(20)23-19)15-9-5-4-6-10-15;1-22(2,3)23(19-13-7-4-8-14-19,20-15-9-5-10-16-20)21-17-11-6-12-18-21/h4-22H,1-3H3;2*4-15H,1-3H3;2*4-14H,1-3H3;4-18H,1-3H3/i;;;2*4D,5D,6D,9D,10D;. The maximum atomic E-state index is 8.42. The third-order valence-corrected chi connectivity index (χ3v) is 39.6. The smallest absolute Gasteiger partial charge is 0.179 e. The topological polar surface area (TPSA) is 23.0 Å². The van der Waals surface area contributed by atoms with Crippen molar-refractivity contribution >= 4 is 150 Å². The van der Waals surface area contributed by atoms with Gasteiger partial charge in [-0.1, -0.05) is 537 Å². The summed E-state index contributed by atoms with van der Waals surface area (Å²) in [6, 6.07) is 149. The van der Waals surface area contributed by atoms with Gasteiger partial charge in [-0.3, -0.25) is 0 Å². The van der Waals surface area contributed by atoms with E-state index in [1.54, 1.807) is 23.5 Å². The van der Waals surface area contributed by atoms with E-state index in [9.17, 15) is 0 Å². The molecule has 0 unspecified atom stereocenters. The van der Waals surface area contributed by atoms with Crippen molar-refractivity contribution in [2.24, 2.45) is 0 Å². The largest absolute Gasteiger partial charge is 0.456 e. The fourth-order valence-electron chi connectivity index (χ4n) is 20.9. The van der Waals surface area contributed by atoms with Crippen LogP contribution >= 0.6 is 11.3 Å². The van der Waals surface area contributed by atoms with E-state index >= 15 is 0 Å². The Bertz CT molecular complexity index is 8440. The molecular weight excluding hydrogens is 1790 g/mol. The monoisotopic (exact) mass is 1930 g/mol. The first kappa shape index (κ1) is 87.1. The number of nitrogens with zero attached hydrogens (tertiary/aromatic N) is 2. The molecule has 0 aliphatic carbocycles. The minimum absolute atomic E-state index is 0.0829. The van der Waals surface area contributed by atoms with Gasteiger partial charge in [0.15, 0.2) is 16.1 Å². The SMILES string of the molecule is CC(C)(C)[Si](c1ccccc1)(c1ccccc1)c1ccccc1.CC(C)(C)c1ccc(-n2c3ccccc3c3ccccc32)cc1.CC(C)(C)c1cccc(-n2c3ccccc3c3ccccc32)c1.CC(C)(C)c1cccc([Si](c2ccccc2)(c2ccccc2)c2ccccc2)c1.[2H]c1c([2H])c([2H])c(-c2cccc3oc4cccc(C(C)(C)C)c4c23)c([2H])c1[2H].[2H]c1c([2H])c([2H])c(-c2cccc3sc4cccc(C(C)(C)C)c4c23)c([2H])c1[2H]. The van der Waals surface area contributed by atoms with Crippen molar-refractivity contribution in [2.75, 3.05) is 0 Å². The van der Waals surface area contributed by atoms with Gasteiger partial charge in [0.05, 0.1) is 35.8 Å². The number of hydrogen-bond donors (Lipinski definition) is 0. The maximum absolute atomic E-state index is 8.42. The second-order valence-electron chi connectivity index (χ2n) is 43.5. The van der Waals surface area contributed by atoms with Crippen molar-refractivity contribution in [1.29, 1.82) is 0 Å². The molecular formula is C138H134N2OSSi2. The number of thiophene rings is 1. The molecule has 0 atom stereocenters. The van der Waals surface area contributed by atoms with Crippen LogP contribution in [-0.4, -0.2) is 25.3 Å². The van der Waals surface area contributed by atoms with E-state index in [4.69, 9.17) is 18.1 Å². The molecule has 0 aliphatic rings. The van der Waals surface area contributed by atoms with Crippen LogP contribution < -0.4 is 36.3 Å². The first-order valence-electron chi connectivity index (χ1n) is 55.1. The number of aromatic nitrogens is 2. The Morgan fingerprint density at radius 1 is 0.236 bits per heavy atom. The summed E-state index contributed by atoms with van der Waals surface area (Å²) in [7, 11) is -4.54. The summed E-state index contributed by atoms with van der Waals surface area (Å²) in [4.78, 5) is 0. The van der Waals surface area contributed by atoms with Crippen molar-refractivity contribution in [3.8, 4) is 33.6 Å². The van der Waals surface area contributed by atoms with Crippen LogP contribution in [0, 0.1) is 0 Å². The Hall–Kier alpha value is -14.8. The Labute approximate surface area is 874 Å². The third-order valence-electron chi connectivity index (χ3n) is 27.8. The minimum atomic E-state index is -2.41. The molecule has 0 radical (unpaired) electrons. The van der Waals surface area contributed by atoms with Gasteiger partial charge in [-0.25, -0.2) is 0 Å². The lowest BCUT2D eigenvalue weighted by molar-refractivity contribution is 0.589. The van der Waals surface area contributed by atoms with Crippen molar-refractivity contribution in [3.63, 3.8) is 0 Å². The second kappa shape index (κ2) is 41.7. The summed E-state index contributed by atoms with van der Waals surface area (Å²) in [6.45, 7) is 40.5. The van der Waals surface area contributed by atoms with Crippen LogP contribution in [0.25, 0.3) is 119 Å². The number of rotatable bonds is 11. The van der Waals surface area contributed by atoms with Gasteiger partial charge in [0.1, 0.15) is 11.2 Å². The van der Waals surface area contributed by atoms with Crippen molar-refractivity contribution in [1.82, 2.24) is 9.13 Å². The molecule has 0 bridgehead atoms. The molecule has 0 spiro atoms. The molecule has 0 saturated carbocycles. The highest BCUT2D eigenvalue weighted by atomic mass is 32.1. The van der Waals surface area contributed by atoms with E-state index in [1.165, 1.54) is 114 Å². The van der Waals surface area contributed by atoms with Gasteiger partial charge < -0.3 is 13.6 Å². The average molecular weight is 1930 g/mol. The molecule has 0 fully saturated rings. The first-order chi connectivity index (χ1) is 73.5. The molecule has 4 heterocycles. The molecule has 0 saturated heterocycles. The predicted octanol–water partition coefficient (Wildman–Crippen LogP) is 34.1. The van der Waals surface area contributed by atoms with Crippen LogP contribution in [0.2, 0.25) is 5.04 Å². The number of fused-ring (bicyclic) bond motifs is 12. The van der Waals surface area contributed by atoms with Crippen LogP contribution in [0.4, 0.5) is 0 Å². The summed E-state index contributed by atoms with van der Waals surface area (Å²) in [6.07, 6.45) is 0. The van der Waals surface area contributed by atoms with Gasteiger partial charge in [0, 0.05) is 63.9 Å². The second-order valence-corrected chi connectivity index (χ2v) is 53.2. The van der Waals surface area contributed by atoms with Crippen LogP contribution in [0.1, 0.15) is 166 Å². The van der Waals surface area contributed by atoms with Gasteiger partial charge in [-0.05, 0) is 191 Å².